The van der Waals surface area contributed by atoms with E-state index in [0.29, 0.717) is 19.7 Å². The Kier molecular flexibility index (Phi) is 5.60. The van der Waals surface area contributed by atoms with Gasteiger partial charge in [-0.05, 0) is 31.5 Å². The molecule has 1 saturated heterocycles. The molecule has 0 aliphatic carbocycles. The van der Waals surface area contributed by atoms with E-state index in [1.54, 1.807) is 18.6 Å². The maximum atomic E-state index is 12.7. The third-order valence-electron chi connectivity index (χ3n) is 4.22. The van der Waals surface area contributed by atoms with Crippen LogP contribution in [0.2, 0.25) is 0 Å². The van der Waals surface area contributed by atoms with E-state index in [2.05, 4.69) is 14.9 Å². The second kappa shape index (κ2) is 8.07. The first kappa shape index (κ1) is 17.4. The van der Waals surface area contributed by atoms with Crippen molar-refractivity contribution in [2.75, 3.05) is 31.1 Å². The first-order chi connectivity index (χ1) is 12.1. The Balaban J connectivity index is 1.55. The van der Waals surface area contributed by atoms with Crippen molar-refractivity contribution in [2.24, 2.45) is 0 Å². The summed E-state index contributed by atoms with van der Waals surface area (Å²) >= 11 is 0. The van der Waals surface area contributed by atoms with Gasteiger partial charge in [0.25, 0.3) is 5.91 Å². The summed E-state index contributed by atoms with van der Waals surface area (Å²) in [6.45, 7) is 7.51. The molecule has 2 aromatic rings. The fourth-order valence-electron chi connectivity index (χ4n) is 2.78. The highest BCUT2D eigenvalue weighted by atomic mass is 16.5. The highest BCUT2D eigenvalue weighted by molar-refractivity contribution is 5.94. The first-order valence-corrected chi connectivity index (χ1v) is 8.64. The minimum Gasteiger partial charge on any atom is -0.374 e. The van der Waals surface area contributed by atoms with Crippen molar-refractivity contribution < 1.29 is 9.53 Å². The van der Waals surface area contributed by atoms with Gasteiger partial charge in [0.2, 0.25) is 0 Å². The minimum absolute atomic E-state index is 0.0788. The van der Waals surface area contributed by atoms with Gasteiger partial charge in [-0.15, -0.1) is 0 Å². The molecule has 1 aliphatic heterocycles. The molecule has 132 valence electrons. The van der Waals surface area contributed by atoms with E-state index in [4.69, 9.17) is 4.74 Å². The summed E-state index contributed by atoms with van der Waals surface area (Å²) in [5, 5.41) is 0. The number of ether oxygens (including phenoxy) is 1. The lowest BCUT2D eigenvalue weighted by molar-refractivity contribution is 0.0655. The number of amides is 1. The van der Waals surface area contributed by atoms with E-state index in [1.807, 2.05) is 43.0 Å². The van der Waals surface area contributed by atoms with Gasteiger partial charge in [-0.2, -0.15) is 0 Å². The smallest absolute Gasteiger partial charge is 0.253 e. The number of nitrogens with zero attached hydrogens (tertiary/aromatic N) is 4. The predicted molar refractivity (Wildman–Crippen MR) is 96.5 cm³/mol. The van der Waals surface area contributed by atoms with Gasteiger partial charge in [0, 0.05) is 44.1 Å². The topological polar surface area (TPSA) is 58.6 Å². The third kappa shape index (κ3) is 4.54. The number of carbonyl (C=O) groups is 1. The Morgan fingerprint density at radius 2 is 1.84 bits per heavy atom. The molecule has 0 saturated carbocycles. The highest BCUT2D eigenvalue weighted by Crippen LogP contribution is 2.14. The van der Waals surface area contributed by atoms with E-state index >= 15 is 0 Å². The van der Waals surface area contributed by atoms with Crippen LogP contribution in [0.3, 0.4) is 0 Å². The third-order valence-corrected chi connectivity index (χ3v) is 4.22. The Morgan fingerprint density at radius 3 is 2.44 bits per heavy atom. The molecule has 6 heteroatoms. The van der Waals surface area contributed by atoms with Gasteiger partial charge in [0.15, 0.2) is 0 Å². The van der Waals surface area contributed by atoms with Gasteiger partial charge in [-0.25, -0.2) is 4.98 Å². The molecule has 2 heterocycles. The van der Waals surface area contributed by atoms with Crippen LogP contribution in [0.25, 0.3) is 0 Å². The summed E-state index contributed by atoms with van der Waals surface area (Å²) in [4.78, 5) is 25.1. The van der Waals surface area contributed by atoms with Crippen LogP contribution >= 0.6 is 0 Å². The van der Waals surface area contributed by atoms with Crippen LogP contribution in [0.5, 0.6) is 0 Å². The van der Waals surface area contributed by atoms with Crippen LogP contribution in [-0.4, -0.2) is 53.1 Å². The Hall–Kier alpha value is -2.47. The number of aromatic nitrogens is 2. The van der Waals surface area contributed by atoms with Gasteiger partial charge in [0.1, 0.15) is 5.82 Å². The van der Waals surface area contributed by atoms with Crippen LogP contribution in [0.15, 0.2) is 42.9 Å². The van der Waals surface area contributed by atoms with Crippen molar-refractivity contribution in [3.63, 3.8) is 0 Å². The number of anilines is 1. The van der Waals surface area contributed by atoms with E-state index in [0.717, 1.165) is 30.0 Å². The molecule has 1 aliphatic rings. The van der Waals surface area contributed by atoms with Crippen LogP contribution < -0.4 is 4.90 Å². The van der Waals surface area contributed by atoms with E-state index in [-0.39, 0.29) is 12.0 Å². The zero-order valence-electron chi connectivity index (χ0n) is 14.8. The van der Waals surface area contributed by atoms with E-state index in [1.165, 1.54) is 0 Å². The average Bonchev–Trinajstić information content (AvgIpc) is 2.67. The molecular formula is C19H24N4O2. The van der Waals surface area contributed by atoms with Crippen molar-refractivity contribution in [3.05, 3.63) is 54.0 Å². The molecule has 0 atom stereocenters. The van der Waals surface area contributed by atoms with Crippen molar-refractivity contribution in [1.82, 2.24) is 14.9 Å². The molecule has 0 radical (unpaired) electrons. The summed E-state index contributed by atoms with van der Waals surface area (Å²) < 4.78 is 5.59. The van der Waals surface area contributed by atoms with Gasteiger partial charge < -0.3 is 14.5 Å². The van der Waals surface area contributed by atoms with Gasteiger partial charge >= 0.3 is 0 Å². The quantitative estimate of drug-likeness (QED) is 0.836. The lowest BCUT2D eigenvalue weighted by Gasteiger charge is -2.35. The van der Waals surface area contributed by atoms with Crippen LogP contribution in [0, 0.1) is 0 Å². The number of rotatable bonds is 5. The molecule has 0 N–H and O–H groups in total. The fourth-order valence-corrected chi connectivity index (χ4v) is 2.78. The molecule has 0 bridgehead atoms. The summed E-state index contributed by atoms with van der Waals surface area (Å²) in [5.74, 6) is 0.944. The predicted octanol–water partition coefficient (Wildman–Crippen LogP) is 2.36. The lowest BCUT2D eigenvalue weighted by atomic mass is 10.1. The summed E-state index contributed by atoms with van der Waals surface area (Å²) in [6.07, 6.45) is 5.32. The van der Waals surface area contributed by atoms with E-state index in [9.17, 15) is 4.79 Å². The SMILES string of the molecule is CC(C)OCc1ccc(C(=O)N2CCN(c3cnccn3)CC2)cc1. The maximum Gasteiger partial charge on any atom is 0.253 e. The summed E-state index contributed by atoms with van der Waals surface area (Å²) in [6, 6.07) is 7.70. The van der Waals surface area contributed by atoms with Gasteiger partial charge in [-0.1, -0.05) is 12.1 Å². The highest BCUT2D eigenvalue weighted by Gasteiger charge is 2.22. The molecule has 3 rings (SSSR count). The van der Waals surface area contributed by atoms with Crippen LogP contribution in [-0.2, 0) is 11.3 Å². The number of hydrogen-bond donors (Lipinski definition) is 0. The molecule has 25 heavy (non-hydrogen) atoms. The Bertz CT molecular complexity index is 680. The number of carbonyl (C=O) groups excluding carboxylic acids is 1. The lowest BCUT2D eigenvalue weighted by Crippen LogP contribution is -2.49. The number of benzene rings is 1. The fraction of sp³-hybridized carbons (Fsp3) is 0.421. The van der Waals surface area contributed by atoms with Crippen molar-refractivity contribution in [2.45, 2.75) is 26.6 Å². The molecular weight excluding hydrogens is 316 g/mol. The molecule has 6 nitrogen and oxygen atoms in total. The Labute approximate surface area is 148 Å². The largest absolute Gasteiger partial charge is 0.374 e. The monoisotopic (exact) mass is 340 g/mol. The molecule has 1 aromatic heterocycles. The summed E-state index contributed by atoms with van der Waals surface area (Å²) in [5.41, 5.74) is 1.80. The first-order valence-electron chi connectivity index (χ1n) is 8.64. The molecule has 1 fully saturated rings. The zero-order valence-corrected chi connectivity index (χ0v) is 14.8. The molecule has 1 aromatic carbocycles. The van der Waals surface area contributed by atoms with Crippen LogP contribution in [0.1, 0.15) is 29.8 Å². The summed E-state index contributed by atoms with van der Waals surface area (Å²) in [7, 11) is 0. The Morgan fingerprint density at radius 1 is 1.12 bits per heavy atom. The van der Waals surface area contributed by atoms with Crippen molar-refractivity contribution in [1.29, 1.82) is 0 Å². The maximum absolute atomic E-state index is 12.7. The molecule has 0 unspecified atom stereocenters. The molecule has 0 spiro atoms. The van der Waals surface area contributed by atoms with Crippen molar-refractivity contribution >= 4 is 11.7 Å². The standard InChI is InChI=1S/C19H24N4O2/c1-15(2)25-14-16-3-5-17(6-4-16)19(24)23-11-9-22(10-12-23)18-13-20-7-8-21-18/h3-8,13,15H,9-12,14H2,1-2H3. The minimum atomic E-state index is 0.0788. The van der Waals surface area contributed by atoms with Crippen molar-refractivity contribution in [3.8, 4) is 0 Å². The van der Waals surface area contributed by atoms with E-state index < -0.39 is 0 Å². The second-order valence-electron chi connectivity index (χ2n) is 6.40. The zero-order chi connectivity index (χ0) is 17.6. The van der Waals surface area contributed by atoms with Gasteiger partial charge in [-0.3, -0.25) is 9.78 Å². The number of hydrogen-bond acceptors (Lipinski definition) is 5. The average molecular weight is 340 g/mol. The van der Waals surface area contributed by atoms with Crippen LogP contribution in [0.4, 0.5) is 5.82 Å². The van der Waals surface area contributed by atoms with Gasteiger partial charge in [0.05, 0.1) is 18.9 Å². The second-order valence-corrected chi connectivity index (χ2v) is 6.40. The normalized spacial score (nSPS) is 14.8. The molecule has 1 amide bonds. The number of piperazine rings is 1.